The van der Waals surface area contributed by atoms with Crippen LogP contribution in [0.3, 0.4) is 0 Å². The molecular formula is C11H24N2O3S. The van der Waals surface area contributed by atoms with Crippen LogP contribution in [0.25, 0.3) is 0 Å². The Morgan fingerprint density at radius 3 is 2.00 bits per heavy atom. The van der Waals surface area contributed by atoms with E-state index in [0.29, 0.717) is 12.5 Å². The van der Waals surface area contributed by atoms with E-state index in [1.807, 2.05) is 34.6 Å². The number of hydrogen-bond acceptors (Lipinski definition) is 3. The summed E-state index contributed by atoms with van der Waals surface area (Å²) in [7, 11) is -3.40. The minimum Gasteiger partial charge on any atom is -0.354 e. The molecule has 0 rings (SSSR count). The van der Waals surface area contributed by atoms with Crippen molar-refractivity contribution < 1.29 is 13.2 Å². The largest absolute Gasteiger partial charge is 0.354 e. The van der Waals surface area contributed by atoms with E-state index >= 15 is 0 Å². The van der Waals surface area contributed by atoms with Crippen molar-refractivity contribution in [3.63, 3.8) is 0 Å². The molecule has 0 bridgehead atoms. The van der Waals surface area contributed by atoms with Gasteiger partial charge >= 0.3 is 0 Å². The van der Waals surface area contributed by atoms with Crippen LogP contribution in [0.15, 0.2) is 0 Å². The first kappa shape index (κ1) is 16.4. The Morgan fingerprint density at radius 1 is 1.24 bits per heavy atom. The first-order valence-corrected chi connectivity index (χ1v) is 7.57. The van der Waals surface area contributed by atoms with Crippen LogP contribution in [0, 0.1) is 11.3 Å². The van der Waals surface area contributed by atoms with Gasteiger partial charge in [-0.2, -0.15) is 0 Å². The summed E-state index contributed by atoms with van der Waals surface area (Å²) in [5.74, 6) is 0.0504. The maximum atomic E-state index is 11.9. The SMILES string of the molecule is CC(C)CNC(=O)C(NS(C)(=O)=O)C(C)(C)C. The van der Waals surface area contributed by atoms with Crippen molar-refractivity contribution in [2.75, 3.05) is 12.8 Å². The lowest BCUT2D eigenvalue weighted by Gasteiger charge is -2.29. The molecular weight excluding hydrogens is 240 g/mol. The molecule has 0 spiro atoms. The van der Waals surface area contributed by atoms with Crippen molar-refractivity contribution >= 4 is 15.9 Å². The minimum atomic E-state index is -3.40. The fraction of sp³-hybridized carbons (Fsp3) is 0.909. The molecule has 6 heteroatoms. The van der Waals surface area contributed by atoms with Gasteiger partial charge in [-0.05, 0) is 11.3 Å². The monoisotopic (exact) mass is 264 g/mol. The van der Waals surface area contributed by atoms with E-state index in [1.165, 1.54) is 0 Å². The molecule has 0 radical (unpaired) electrons. The molecule has 0 saturated carbocycles. The van der Waals surface area contributed by atoms with Crippen molar-refractivity contribution in [1.82, 2.24) is 10.0 Å². The van der Waals surface area contributed by atoms with Crippen LogP contribution in [-0.2, 0) is 14.8 Å². The number of carbonyl (C=O) groups excluding carboxylic acids is 1. The van der Waals surface area contributed by atoms with Crippen LogP contribution in [0.2, 0.25) is 0 Å². The van der Waals surface area contributed by atoms with Crippen LogP contribution >= 0.6 is 0 Å². The first-order chi connectivity index (χ1) is 7.43. The van der Waals surface area contributed by atoms with Crippen LogP contribution in [0.4, 0.5) is 0 Å². The molecule has 1 atom stereocenters. The zero-order valence-electron chi connectivity index (χ0n) is 11.5. The quantitative estimate of drug-likeness (QED) is 0.768. The maximum absolute atomic E-state index is 11.9. The first-order valence-electron chi connectivity index (χ1n) is 5.68. The third-order valence-corrected chi connectivity index (χ3v) is 2.81. The molecule has 0 aromatic carbocycles. The smallest absolute Gasteiger partial charge is 0.238 e. The fourth-order valence-electron chi connectivity index (χ4n) is 1.24. The lowest BCUT2D eigenvalue weighted by Crippen LogP contribution is -2.53. The van der Waals surface area contributed by atoms with Crippen molar-refractivity contribution in [2.24, 2.45) is 11.3 Å². The van der Waals surface area contributed by atoms with Gasteiger partial charge in [-0.15, -0.1) is 0 Å². The third-order valence-electron chi connectivity index (χ3n) is 2.14. The highest BCUT2D eigenvalue weighted by Gasteiger charge is 2.33. The molecule has 102 valence electrons. The van der Waals surface area contributed by atoms with Crippen molar-refractivity contribution in [1.29, 1.82) is 0 Å². The van der Waals surface area contributed by atoms with E-state index in [-0.39, 0.29) is 5.91 Å². The zero-order valence-corrected chi connectivity index (χ0v) is 12.3. The second kappa shape index (κ2) is 5.82. The van der Waals surface area contributed by atoms with Gasteiger partial charge in [0.15, 0.2) is 0 Å². The van der Waals surface area contributed by atoms with E-state index in [4.69, 9.17) is 0 Å². The predicted molar refractivity (Wildman–Crippen MR) is 69.1 cm³/mol. The molecule has 0 aromatic heterocycles. The van der Waals surface area contributed by atoms with Crippen LogP contribution in [0.5, 0.6) is 0 Å². The summed E-state index contributed by atoms with van der Waals surface area (Å²) < 4.78 is 24.9. The Morgan fingerprint density at radius 2 is 1.71 bits per heavy atom. The molecule has 0 aliphatic carbocycles. The number of carbonyl (C=O) groups is 1. The van der Waals surface area contributed by atoms with Crippen molar-refractivity contribution in [3.8, 4) is 0 Å². The van der Waals surface area contributed by atoms with E-state index in [1.54, 1.807) is 0 Å². The highest BCUT2D eigenvalue weighted by atomic mass is 32.2. The Labute approximate surface area is 104 Å². The lowest BCUT2D eigenvalue weighted by molar-refractivity contribution is -0.125. The van der Waals surface area contributed by atoms with Gasteiger partial charge in [0.1, 0.15) is 6.04 Å². The summed E-state index contributed by atoms with van der Waals surface area (Å²) in [6.07, 6.45) is 1.06. The predicted octanol–water partition coefficient (Wildman–Crippen LogP) is 0.723. The molecule has 2 N–H and O–H groups in total. The van der Waals surface area contributed by atoms with Gasteiger partial charge in [0.25, 0.3) is 0 Å². The average molecular weight is 264 g/mol. The van der Waals surface area contributed by atoms with Gasteiger partial charge < -0.3 is 5.32 Å². The minimum absolute atomic E-state index is 0.281. The zero-order chi connectivity index (χ0) is 13.9. The summed E-state index contributed by atoms with van der Waals surface area (Å²) in [4.78, 5) is 11.9. The molecule has 17 heavy (non-hydrogen) atoms. The fourth-order valence-corrected chi connectivity index (χ4v) is 2.13. The highest BCUT2D eigenvalue weighted by Crippen LogP contribution is 2.20. The van der Waals surface area contributed by atoms with Crippen molar-refractivity contribution in [3.05, 3.63) is 0 Å². The summed E-state index contributed by atoms with van der Waals surface area (Å²) in [6.45, 7) is 9.98. The molecule has 0 aliphatic rings. The second-order valence-corrected chi connectivity index (χ2v) is 7.61. The van der Waals surface area contributed by atoms with Gasteiger partial charge in [-0.25, -0.2) is 13.1 Å². The van der Waals surface area contributed by atoms with Crippen LogP contribution in [0.1, 0.15) is 34.6 Å². The summed E-state index contributed by atoms with van der Waals surface area (Å²) in [6, 6.07) is -0.753. The maximum Gasteiger partial charge on any atom is 0.238 e. The van der Waals surface area contributed by atoms with Gasteiger partial charge in [-0.3, -0.25) is 4.79 Å². The van der Waals surface area contributed by atoms with E-state index in [0.717, 1.165) is 6.26 Å². The van der Waals surface area contributed by atoms with Crippen molar-refractivity contribution in [2.45, 2.75) is 40.7 Å². The topological polar surface area (TPSA) is 75.3 Å². The number of nitrogens with one attached hydrogen (secondary N) is 2. The van der Waals surface area contributed by atoms with Gasteiger partial charge in [0, 0.05) is 6.54 Å². The lowest BCUT2D eigenvalue weighted by atomic mass is 9.87. The molecule has 0 heterocycles. The molecule has 1 unspecified atom stereocenters. The average Bonchev–Trinajstić information content (AvgIpc) is 2.07. The summed E-state index contributed by atoms with van der Waals surface area (Å²) in [5, 5.41) is 2.75. The molecule has 0 fully saturated rings. The standard InChI is InChI=1S/C11H24N2O3S/c1-8(2)7-12-10(14)9(11(3,4)5)13-17(6,15)16/h8-9,13H,7H2,1-6H3,(H,12,14). The third kappa shape index (κ3) is 7.33. The molecule has 1 amide bonds. The number of hydrogen-bond donors (Lipinski definition) is 2. The summed E-state index contributed by atoms with van der Waals surface area (Å²) in [5.41, 5.74) is -0.468. The normalized spacial score (nSPS) is 14.8. The number of rotatable bonds is 5. The second-order valence-electron chi connectivity index (χ2n) is 5.83. The Bertz CT molecular complexity index is 355. The molecule has 5 nitrogen and oxygen atoms in total. The Hall–Kier alpha value is -0.620. The van der Waals surface area contributed by atoms with Gasteiger partial charge in [-0.1, -0.05) is 34.6 Å². The Balaban J connectivity index is 4.77. The van der Waals surface area contributed by atoms with Crippen LogP contribution in [-0.4, -0.2) is 33.2 Å². The Kier molecular flexibility index (Phi) is 5.61. The molecule has 0 saturated heterocycles. The molecule has 0 aromatic rings. The number of sulfonamides is 1. The summed E-state index contributed by atoms with van der Waals surface area (Å²) >= 11 is 0. The van der Waals surface area contributed by atoms with E-state index < -0.39 is 21.5 Å². The molecule has 0 aliphatic heterocycles. The van der Waals surface area contributed by atoms with Gasteiger partial charge in [0.2, 0.25) is 15.9 Å². The van der Waals surface area contributed by atoms with Gasteiger partial charge in [0.05, 0.1) is 6.26 Å². The van der Waals surface area contributed by atoms with Crippen LogP contribution < -0.4 is 10.0 Å². The van der Waals surface area contributed by atoms with E-state index in [9.17, 15) is 13.2 Å². The highest BCUT2D eigenvalue weighted by molar-refractivity contribution is 7.88. The van der Waals surface area contributed by atoms with E-state index in [2.05, 4.69) is 10.0 Å². The number of amides is 1.